The molecule has 4 aliphatic heterocycles. The van der Waals surface area contributed by atoms with Gasteiger partial charge >= 0.3 is 367 Å². The Hall–Kier alpha value is 6.12. The number of carbonyl (C=O) groups is 6. The molecule has 0 bridgehead atoms. The number of rotatable bonds is 40. The minimum absolute atomic E-state index is 0. The van der Waals surface area contributed by atoms with E-state index in [9.17, 15) is 184 Å². The van der Waals surface area contributed by atoms with Crippen LogP contribution in [0, 0.1) is 0 Å². The van der Waals surface area contributed by atoms with Gasteiger partial charge in [0.2, 0.25) is 125 Å². The summed E-state index contributed by atoms with van der Waals surface area (Å²) >= 11 is 0. The van der Waals surface area contributed by atoms with Crippen LogP contribution in [0.5, 0.6) is 0 Å². The Morgan fingerprint density at radius 2 is 0.492 bits per heavy atom. The quantitative estimate of drug-likeness (QED) is 0.0176. The van der Waals surface area contributed by atoms with Gasteiger partial charge in [0.05, 0.1) is 7.11 Å². The summed E-state index contributed by atoms with van der Waals surface area (Å²) in [4.78, 5) is 83.4. The Morgan fingerprint density at radius 1 is 0.303 bits per heavy atom. The number of nitrogens with one attached hydrogen (secondary N) is 5. The van der Waals surface area contributed by atoms with E-state index in [0.717, 1.165) is 0 Å². The number of hydrogen-bond donors (Lipinski definition) is 5. The van der Waals surface area contributed by atoms with Crippen molar-refractivity contribution < 1.29 is 618 Å². The molecule has 4 unspecified atom stereocenters. The van der Waals surface area contributed by atoms with Gasteiger partial charge in [-0.3, -0.25) is 69.4 Å². The molecule has 0 spiro atoms. The van der Waals surface area contributed by atoms with E-state index in [-0.39, 0.29) is 360 Å². The summed E-state index contributed by atoms with van der Waals surface area (Å²) < 4.78 is 522. The van der Waals surface area contributed by atoms with Crippen molar-refractivity contribution >= 4 is 160 Å². The third-order valence-electron chi connectivity index (χ3n) is 14.7. The average molecular weight is 2260 g/mol. The number of hydrogen-bond acceptors (Lipinski definition) is 60. The smallest absolute Gasteiger partial charge is 0.726 e. The van der Waals surface area contributed by atoms with Crippen LogP contribution >= 0.6 is 0 Å². The molecule has 1 aromatic carbocycles. The molecule has 89 heteroatoms. The third-order valence-corrected chi connectivity index (χ3v) is 20.2. The first kappa shape index (κ1) is 153. The van der Waals surface area contributed by atoms with E-state index in [0.29, 0.717) is 7.11 Å². The first-order chi connectivity index (χ1) is 54.0. The minimum Gasteiger partial charge on any atom is -0.726 e. The molecule has 5 amide bonds. The van der Waals surface area contributed by atoms with Gasteiger partial charge in [-0.2, -0.15) is 0 Å². The maximum absolute atomic E-state index is 14.6. The maximum Gasteiger partial charge on any atom is 1.00 e. The maximum atomic E-state index is 14.6. The molecule has 694 valence electrons. The average Bonchev–Trinajstić information content (AvgIpc) is 0.768. The van der Waals surface area contributed by atoms with Gasteiger partial charge in [-0.25, -0.2) is 111 Å². The SMILES string of the molecule is COC(=O)C(Cc1ccccc1)NC(=O)[C@@H]1O[C@H](CNC(=O)C2O[C@H](CNC(=O)C3O[C@H](CNC(=O)C4O[C@H](CNC(=O)OC(C)(C)C)[C@@H](OS(=O)(=O)[O-])[C@H](OS(=O)(=O)[O-])[C@H]4OS(=O)(=O)[O-])[C@@H](OS(=O)(=O)[O-])[C@H](OS(=O)(=O)[O-])[C@H]3OS(=O)(=O)[O-])[C@@H](OS(=O)(=O)[O-])[C@H](OS(=O)(=O)[O-])[C@H]2OS(=O)(=O)[O-])[C@@H](OS(=O)(=O)[O-])[C@H](OS(=O)(=O)[O-])[C@H]1OS(=O)(=O)[O-].[Na+].[Na+].[Na+].[Na+].[Na+].[Na+].[Na+].[Na+].[Na+].[Na+].[Na+].[Na+]. The van der Waals surface area contributed by atoms with E-state index in [4.69, 9.17) is 23.7 Å². The molecule has 1 aromatic rings. The number of carbonyl (C=O) groups excluding carboxylic acids is 6. The van der Waals surface area contributed by atoms with Crippen LogP contribution in [0.2, 0.25) is 0 Å². The first-order valence-corrected chi connectivity index (χ1v) is 46.5. The van der Waals surface area contributed by atoms with E-state index < -0.39 is 327 Å². The molecule has 21 atom stereocenters. The van der Waals surface area contributed by atoms with Crippen LogP contribution in [-0.2, 0) is 234 Å². The summed E-state index contributed by atoms with van der Waals surface area (Å²) in [5.74, 6) is -11.2. The molecule has 0 radical (unpaired) electrons. The van der Waals surface area contributed by atoms with Crippen molar-refractivity contribution in [3.8, 4) is 0 Å². The van der Waals surface area contributed by atoms with Crippen molar-refractivity contribution in [3.05, 3.63) is 35.9 Å². The Labute approximate surface area is 1020 Å². The zero-order valence-corrected chi connectivity index (χ0v) is 104. The molecule has 4 saturated heterocycles. The van der Waals surface area contributed by atoms with Gasteiger partial charge < -0.3 is 110 Å². The van der Waals surface area contributed by atoms with Gasteiger partial charge in [0.1, 0.15) is 109 Å². The Bertz CT molecular complexity index is 5430. The Kier molecular flexibility index (Phi) is 73.0. The van der Waals surface area contributed by atoms with Crippen LogP contribution in [0.3, 0.4) is 0 Å². The van der Waals surface area contributed by atoms with Crippen LogP contribution < -0.4 is 381 Å². The van der Waals surface area contributed by atoms with Crippen LogP contribution in [0.15, 0.2) is 30.3 Å². The second kappa shape index (κ2) is 62.8. The number of benzene rings is 1. The predicted molar refractivity (Wildman–Crippen MR) is 337 cm³/mol. The molecule has 65 nitrogen and oxygen atoms in total. The van der Waals surface area contributed by atoms with Crippen molar-refractivity contribution in [2.75, 3.05) is 33.3 Å². The molecule has 4 aliphatic rings. The van der Waals surface area contributed by atoms with Crippen molar-refractivity contribution in [3.63, 3.8) is 0 Å². The minimum atomic E-state index is -6.91. The summed E-state index contributed by atoms with van der Waals surface area (Å²) in [5, 5.41) is 7.66. The predicted octanol–water partition coefficient (Wildman–Crippen LogP) is -52.0. The molecule has 5 N–H and O–H groups in total. The van der Waals surface area contributed by atoms with Crippen molar-refractivity contribution in [2.45, 2.75) is 161 Å². The molecule has 0 saturated carbocycles. The summed E-state index contributed by atoms with van der Waals surface area (Å²) in [6, 6.07) is 4.54. The van der Waals surface area contributed by atoms with E-state index in [2.05, 4.69) is 54.9 Å². The zero-order valence-electron chi connectivity index (χ0n) is 70.4. The van der Waals surface area contributed by atoms with Gasteiger partial charge in [0.15, 0.2) is 24.4 Å². The van der Waals surface area contributed by atoms with Gasteiger partial charge in [0.25, 0.3) is 23.6 Å². The number of esters is 1. The fraction of sp³-hybridized carbons (Fsp3) is 0.721. The van der Waals surface area contributed by atoms with Crippen LogP contribution in [0.4, 0.5) is 4.79 Å². The van der Waals surface area contributed by atoms with Crippen LogP contribution in [0.25, 0.3) is 0 Å². The summed E-state index contributed by atoms with van der Waals surface area (Å²) in [5.41, 5.74) is -1.39. The summed E-state index contributed by atoms with van der Waals surface area (Å²) in [6.45, 7) is -4.55. The molecule has 4 heterocycles. The standard InChI is InChI=1S/C43H65N5O60S12.12Na/c1-43(2,3)96-42(54)47-14-20-24(100-112(64,65)66)27(103-115(73,74)75)31(107-119(85,86)87)35(94-20)39(51)45-12-18-22(98-110(58,59)60)25(101-113(67,68)69)29(105-117(79,80)81)33(92-18)37(49)44-11-17-21(97-109(55,56)57)26(102-114(70,71)72)30(106-118(82,83)84)34(93-17)38(50)46-13-19-23(99-111(61,62)63)28(104-116(76,77)78)32(108-120(88,89)90)36(95-19)40(52)48-16(41(53)91-4)10-15-8-6-5-7-9-15;;;;;;;;;;;;/h5-9,16-36H,10-14H2,1-4H3,(H,44,49)(H,45,51)(H,46,50)(H,47,54)(H,48,52)(H,55,56,57)(H,58,59,60)(H,61,62,63)(H,64,65,66)(H,67,68,69)(H,70,71,72)(H,73,74,75)(H,76,77,78)(H,79,80,81)(H,82,83,84)(H,85,86,87)(H,88,89,90);;;;;;;;;;;;/q;12*+1/p-12/t16?,17-,18-,19-,20-,21-,22-,23-,24-,25+,26+,27+,28+,29-,30-,31-,32-,33?,34?,35?,36-;;;;;;;;;;;;/m1............/s1. The second-order valence-corrected chi connectivity index (χ2v) is 36.5. The van der Waals surface area contributed by atoms with Gasteiger partial charge in [0, 0.05) is 32.6 Å². The number of alkyl carbamates (subject to hydrolysis) is 1. The summed E-state index contributed by atoms with van der Waals surface area (Å²) in [6.07, 6.45) is -73.4. The van der Waals surface area contributed by atoms with Crippen molar-refractivity contribution in [1.29, 1.82) is 0 Å². The Balaban J connectivity index is -0.00000214. The summed E-state index contributed by atoms with van der Waals surface area (Å²) in [7, 11) is -80.1. The zero-order chi connectivity index (χ0) is 92.0. The Morgan fingerprint density at radius 3 is 0.689 bits per heavy atom. The molecule has 5 rings (SSSR count). The fourth-order valence-electron chi connectivity index (χ4n) is 11.0. The largest absolute Gasteiger partial charge is 1.00 e. The van der Waals surface area contributed by atoms with Gasteiger partial charge in [-0.15, -0.1) is 0 Å². The second-order valence-electron chi connectivity index (χ2n) is 24.4. The molecule has 0 aliphatic carbocycles. The molecule has 0 aromatic heterocycles. The third kappa shape index (κ3) is 56.8. The normalized spacial score (nSPS) is 26.3. The van der Waals surface area contributed by atoms with E-state index in [1.165, 1.54) is 67.1 Å². The van der Waals surface area contributed by atoms with Gasteiger partial charge in [-0.05, 0) is 26.3 Å². The number of ether oxygens (including phenoxy) is 6. The monoisotopic (exact) mass is 2260 g/mol. The molecular weight excluding hydrogens is 2210 g/mol. The number of amides is 5. The van der Waals surface area contributed by atoms with Crippen LogP contribution in [0.1, 0.15) is 26.3 Å². The van der Waals surface area contributed by atoms with E-state index in [1.807, 2.05) is 5.32 Å². The first-order valence-electron chi connectivity index (χ1n) is 30.5. The van der Waals surface area contributed by atoms with Crippen molar-refractivity contribution in [2.24, 2.45) is 0 Å². The van der Waals surface area contributed by atoms with Crippen molar-refractivity contribution in [1.82, 2.24) is 26.6 Å². The molecular formula is C43H53N5Na12O60S12. The van der Waals surface area contributed by atoms with Gasteiger partial charge in [-0.1, -0.05) is 30.3 Å². The number of methoxy groups -OCH3 is 1. The van der Waals surface area contributed by atoms with E-state index in [1.54, 1.807) is 5.32 Å². The van der Waals surface area contributed by atoms with E-state index >= 15 is 0 Å². The topological polar surface area (TPSA) is 1020 Å². The molecule has 132 heavy (non-hydrogen) atoms. The van der Waals surface area contributed by atoms with Crippen LogP contribution in [-0.4, -0.2) is 358 Å². The fourth-order valence-corrected chi connectivity index (χ4v) is 16.9. The molecule has 4 fully saturated rings.